The van der Waals surface area contributed by atoms with Crippen LogP contribution in [0, 0.1) is 0 Å². The highest BCUT2D eigenvalue weighted by atomic mass is 16.5. The second kappa shape index (κ2) is 6.90. The largest absolute Gasteiger partial charge is 0.631 e. The predicted octanol–water partition coefficient (Wildman–Crippen LogP) is -1.66. The summed E-state index contributed by atoms with van der Waals surface area (Å²) in [4.78, 5) is 0. The predicted molar refractivity (Wildman–Crippen MR) is 29.8 cm³/mol. The average Bonchev–Trinajstić information content (AvgIpc) is 1.25. The molecule has 5 heteroatoms. The van der Waals surface area contributed by atoms with Gasteiger partial charge in [-0.15, -0.1) is 0 Å². The van der Waals surface area contributed by atoms with Crippen LogP contribution in [0.3, 0.4) is 0 Å². The Bertz CT molecular complexity index is 26.8. The van der Waals surface area contributed by atoms with Crippen LogP contribution in [0.25, 0.3) is 0 Å². The standard InChI is InChI=1S/C3H8O.BH3O3/c1-3(2)4;2-1(3)4/h3-4H,1-2H3;2-4H. The van der Waals surface area contributed by atoms with Gasteiger partial charge in [-0.05, 0) is 13.8 Å². The highest BCUT2D eigenvalue weighted by molar-refractivity contribution is 6.30. The first-order chi connectivity index (χ1) is 3.46. The molecule has 0 atom stereocenters. The van der Waals surface area contributed by atoms with Crippen molar-refractivity contribution in [3.05, 3.63) is 0 Å². The van der Waals surface area contributed by atoms with Crippen molar-refractivity contribution in [3.63, 3.8) is 0 Å². The monoisotopic (exact) mass is 122 g/mol. The van der Waals surface area contributed by atoms with Gasteiger partial charge in [0.1, 0.15) is 0 Å². The van der Waals surface area contributed by atoms with E-state index in [4.69, 9.17) is 20.2 Å². The van der Waals surface area contributed by atoms with Gasteiger partial charge in [-0.1, -0.05) is 0 Å². The van der Waals surface area contributed by atoms with Gasteiger partial charge in [0.05, 0.1) is 0 Å². The summed E-state index contributed by atoms with van der Waals surface area (Å²) < 4.78 is 0. The molecule has 4 N–H and O–H groups in total. The van der Waals surface area contributed by atoms with Crippen LogP contribution in [0.15, 0.2) is 0 Å². The Kier molecular flexibility index (Phi) is 9.33. The van der Waals surface area contributed by atoms with E-state index >= 15 is 0 Å². The highest BCUT2D eigenvalue weighted by Gasteiger charge is 1.92. The SMILES string of the molecule is CC(C)O.OB(O)O. The third-order valence-electron chi connectivity index (χ3n) is 0. The van der Waals surface area contributed by atoms with E-state index < -0.39 is 7.32 Å². The van der Waals surface area contributed by atoms with Crippen molar-refractivity contribution in [2.24, 2.45) is 0 Å². The number of rotatable bonds is 0. The summed E-state index contributed by atoms with van der Waals surface area (Å²) in [6.45, 7) is 3.44. The van der Waals surface area contributed by atoms with E-state index in [0.717, 1.165) is 0 Å². The van der Waals surface area contributed by atoms with Gasteiger partial charge < -0.3 is 20.2 Å². The summed E-state index contributed by atoms with van der Waals surface area (Å²) in [5.74, 6) is 0. The van der Waals surface area contributed by atoms with Gasteiger partial charge in [0.15, 0.2) is 0 Å². The Balaban J connectivity index is 0. The average molecular weight is 122 g/mol. The minimum absolute atomic E-state index is 0.167. The molecule has 0 saturated heterocycles. The van der Waals surface area contributed by atoms with E-state index in [9.17, 15) is 0 Å². The van der Waals surface area contributed by atoms with Crippen LogP contribution in [0.1, 0.15) is 13.8 Å². The molecule has 4 nitrogen and oxygen atoms in total. The van der Waals surface area contributed by atoms with Crippen LogP contribution in [0.4, 0.5) is 0 Å². The smallest absolute Gasteiger partial charge is 0.402 e. The van der Waals surface area contributed by atoms with Crippen molar-refractivity contribution >= 4 is 7.32 Å². The topological polar surface area (TPSA) is 80.9 Å². The van der Waals surface area contributed by atoms with Crippen LogP contribution < -0.4 is 0 Å². The molecule has 0 saturated carbocycles. The third-order valence-corrected chi connectivity index (χ3v) is 0. The number of aliphatic hydroxyl groups excluding tert-OH is 1. The fraction of sp³-hybridized carbons (Fsp3) is 1.00. The number of hydrogen-bond acceptors (Lipinski definition) is 4. The van der Waals surface area contributed by atoms with Crippen LogP contribution in [0.5, 0.6) is 0 Å². The van der Waals surface area contributed by atoms with Crippen molar-refractivity contribution in [2.75, 3.05) is 0 Å². The molecule has 0 unspecified atom stereocenters. The summed E-state index contributed by atoms with van der Waals surface area (Å²) in [6, 6.07) is 0. The summed E-state index contributed by atoms with van der Waals surface area (Å²) in [7, 11) is -2.17. The van der Waals surface area contributed by atoms with E-state index in [1.165, 1.54) is 0 Å². The highest BCUT2D eigenvalue weighted by Crippen LogP contribution is 1.65. The summed E-state index contributed by atoms with van der Waals surface area (Å²) in [5.41, 5.74) is 0. The molecule has 0 bridgehead atoms. The molecule has 0 spiro atoms. The first-order valence-corrected chi connectivity index (χ1v) is 2.19. The van der Waals surface area contributed by atoms with Gasteiger partial charge in [0.25, 0.3) is 0 Å². The minimum atomic E-state index is -2.17. The molecular formula is C3H11BO4. The van der Waals surface area contributed by atoms with Crippen molar-refractivity contribution in [3.8, 4) is 0 Å². The van der Waals surface area contributed by atoms with Crippen molar-refractivity contribution < 1.29 is 20.2 Å². The summed E-state index contributed by atoms with van der Waals surface area (Å²) in [5, 5.41) is 29.6. The molecule has 0 amide bonds. The minimum Gasteiger partial charge on any atom is -0.402 e. The fourth-order valence-corrected chi connectivity index (χ4v) is 0. The number of aliphatic hydroxyl groups is 1. The first-order valence-electron chi connectivity index (χ1n) is 2.19. The Morgan fingerprint density at radius 3 is 1.12 bits per heavy atom. The molecule has 0 fully saturated rings. The Morgan fingerprint density at radius 2 is 1.12 bits per heavy atom. The van der Waals surface area contributed by atoms with Gasteiger partial charge >= 0.3 is 7.32 Å². The molecule has 50 valence electrons. The molecular weight excluding hydrogens is 111 g/mol. The normalized spacial score (nSPS) is 7.88. The van der Waals surface area contributed by atoms with Crippen molar-refractivity contribution in [1.82, 2.24) is 0 Å². The summed E-state index contributed by atoms with van der Waals surface area (Å²) >= 11 is 0. The van der Waals surface area contributed by atoms with E-state index in [0.29, 0.717) is 0 Å². The van der Waals surface area contributed by atoms with E-state index in [1.54, 1.807) is 13.8 Å². The molecule has 0 radical (unpaired) electrons. The Morgan fingerprint density at radius 1 is 1.12 bits per heavy atom. The van der Waals surface area contributed by atoms with Gasteiger partial charge in [0, 0.05) is 6.10 Å². The van der Waals surface area contributed by atoms with E-state index in [-0.39, 0.29) is 6.10 Å². The molecule has 8 heavy (non-hydrogen) atoms. The maximum absolute atomic E-state index is 8.06. The molecule has 0 aliphatic heterocycles. The van der Waals surface area contributed by atoms with Crippen molar-refractivity contribution in [2.45, 2.75) is 20.0 Å². The second-order valence-corrected chi connectivity index (χ2v) is 1.44. The van der Waals surface area contributed by atoms with Crippen molar-refractivity contribution in [1.29, 1.82) is 0 Å². The third kappa shape index (κ3) is 15700. The lowest BCUT2D eigenvalue weighted by Gasteiger charge is -1.80. The molecule has 0 rings (SSSR count). The molecule has 0 aliphatic rings. The van der Waals surface area contributed by atoms with Crippen LogP contribution in [-0.2, 0) is 0 Å². The zero-order valence-electron chi connectivity index (χ0n) is 4.94. The van der Waals surface area contributed by atoms with Crippen LogP contribution >= 0.6 is 0 Å². The molecule has 0 aliphatic carbocycles. The van der Waals surface area contributed by atoms with Gasteiger partial charge in [0.2, 0.25) is 0 Å². The maximum atomic E-state index is 8.06. The summed E-state index contributed by atoms with van der Waals surface area (Å²) in [6.07, 6.45) is -0.167. The zero-order valence-corrected chi connectivity index (χ0v) is 4.94. The molecule has 0 aromatic heterocycles. The lowest BCUT2D eigenvalue weighted by molar-refractivity contribution is 0.216. The quantitative estimate of drug-likeness (QED) is 0.290. The zero-order chi connectivity index (χ0) is 7.15. The number of hydrogen-bond donors (Lipinski definition) is 4. The Labute approximate surface area is 48.6 Å². The Hall–Kier alpha value is -0.0951. The van der Waals surface area contributed by atoms with E-state index in [1.807, 2.05) is 0 Å². The second-order valence-electron chi connectivity index (χ2n) is 1.44. The van der Waals surface area contributed by atoms with Gasteiger partial charge in [-0.25, -0.2) is 0 Å². The molecule has 0 aromatic carbocycles. The van der Waals surface area contributed by atoms with E-state index in [2.05, 4.69) is 0 Å². The van der Waals surface area contributed by atoms with Gasteiger partial charge in [-0.2, -0.15) is 0 Å². The lowest BCUT2D eigenvalue weighted by atomic mass is 10.3. The molecule has 0 aromatic rings. The molecule has 0 heterocycles. The van der Waals surface area contributed by atoms with Crippen LogP contribution in [0.2, 0.25) is 0 Å². The first kappa shape index (κ1) is 10.8. The van der Waals surface area contributed by atoms with Crippen LogP contribution in [-0.4, -0.2) is 33.6 Å². The fourth-order valence-electron chi connectivity index (χ4n) is 0. The maximum Gasteiger partial charge on any atom is 0.631 e. The lowest BCUT2D eigenvalue weighted by Crippen LogP contribution is -2.07. The van der Waals surface area contributed by atoms with Gasteiger partial charge in [-0.3, -0.25) is 0 Å².